The summed E-state index contributed by atoms with van der Waals surface area (Å²) in [6, 6.07) is 23.4. The summed E-state index contributed by atoms with van der Waals surface area (Å²) in [4.78, 5) is 47.4. The van der Waals surface area contributed by atoms with E-state index in [9.17, 15) is 19.2 Å². The van der Waals surface area contributed by atoms with Crippen LogP contribution in [0.15, 0.2) is 78.9 Å². The van der Waals surface area contributed by atoms with Crippen molar-refractivity contribution in [2.24, 2.45) is 0 Å². The molecule has 3 aromatic rings. The number of ether oxygens (including phenoxy) is 2. The lowest BCUT2D eigenvalue weighted by Gasteiger charge is -2.18. The first-order valence-electron chi connectivity index (χ1n) is 11.5. The number of carboxylic acids is 1. The molecule has 10 nitrogen and oxygen atoms in total. The van der Waals surface area contributed by atoms with Gasteiger partial charge in [0.05, 0.1) is 13.2 Å². The molecule has 190 valence electrons. The molecule has 37 heavy (non-hydrogen) atoms. The molecule has 0 radical (unpaired) electrons. The number of carboxylic acid groups (broad SMARTS) is 1. The molecular weight excluding hydrogens is 478 g/mol. The van der Waals surface area contributed by atoms with Gasteiger partial charge in [-0.05, 0) is 27.8 Å². The number of aliphatic carboxylic acids is 1. The van der Waals surface area contributed by atoms with Gasteiger partial charge in [-0.3, -0.25) is 15.0 Å². The van der Waals surface area contributed by atoms with Crippen LogP contribution in [0.4, 0.5) is 4.79 Å². The van der Waals surface area contributed by atoms with Crippen LogP contribution in [-0.2, 0) is 30.5 Å². The molecule has 0 unspecified atom stereocenters. The zero-order chi connectivity index (χ0) is 26.2. The van der Waals surface area contributed by atoms with E-state index in [1.165, 1.54) is 0 Å². The Morgan fingerprint density at radius 1 is 0.811 bits per heavy atom. The standard InChI is InChI=1S/C27H25N3O7/c31-24(23(28-25(32)26(33)34)16-36-14-17-8-2-1-3-9-17)29-30-27(35)37-15-22-20-12-6-4-10-18(20)19-11-5-7-13-21(19)22/h1-13,22-23H,14-16H2,(H,28,32)(H,29,31)(H,30,35)(H,33,34)/t23-/m0/s1. The third kappa shape index (κ3) is 6.30. The van der Waals surface area contributed by atoms with Crippen molar-refractivity contribution in [3.8, 4) is 11.1 Å². The molecule has 1 aliphatic rings. The van der Waals surface area contributed by atoms with Crippen LogP contribution >= 0.6 is 0 Å². The van der Waals surface area contributed by atoms with Crippen LogP contribution in [-0.4, -0.2) is 48.2 Å². The average Bonchev–Trinajstić information content (AvgIpc) is 3.24. The number of fused-ring (bicyclic) bond motifs is 3. The highest BCUT2D eigenvalue weighted by molar-refractivity contribution is 6.32. The van der Waals surface area contributed by atoms with Gasteiger partial charge in [0.1, 0.15) is 12.6 Å². The predicted molar refractivity (Wildman–Crippen MR) is 132 cm³/mol. The van der Waals surface area contributed by atoms with Gasteiger partial charge in [0.15, 0.2) is 0 Å². The second-order valence-electron chi connectivity index (χ2n) is 8.27. The Kier molecular flexibility index (Phi) is 8.11. The molecule has 0 saturated carbocycles. The zero-order valence-corrected chi connectivity index (χ0v) is 19.7. The van der Waals surface area contributed by atoms with E-state index < -0.39 is 29.9 Å². The Balaban J connectivity index is 1.31. The summed E-state index contributed by atoms with van der Waals surface area (Å²) in [7, 11) is 0. The molecule has 0 spiro atoms. The Morgan fingerprint density at radius 2 is 1.41 bits per heavy atom. The Bertz CT molecular complexity index is 1250. The maximum Gasteiger partial charge on any atom is 0.426 e. The molecule has 3 aromatic carbocycles. The molecule has 3 amide bonds. The molecule has 4 N–H and O–H groups in total. The minimum Gasteiger partial charge on any atom is -0.474 e. The van der Waals surface area contributed by atoms with Crippen LogP contribution in [0.2, 0.25) is 0 Å². The van der Waals surface area contributed by atoms with Gasteiger partial charge < -0.3 is 19.9 Å². The van der Waals surface area contributed by atoms with Crippen molar-refractivity contribution >= 4 is 23.9 Å². The van der Waals surface area contributed by atoms with Crippen molar-refractivity contribution in [2.45, 2.75) is 18.6 Å². The number of nitrogens with one attached hydrogen (secondary N) is 3. The van der Waals surface area contributed by atoms with Gasteiger partial charge in [-0.25, -0.2) is 15.0 Å². The number of carbonyl (C=O) groups is 4. The number of hydrogen-bond acceptors (Lipinski definition) is 6. The monoisotopic (exact) mass is 503 g/mol. The summed E-state index contributed by atoms with van der Waals surface area (Å²) in [5.74, 6) is -4.19. The van der Waals surface area contributed by atoms with Crippen LogP contribution in [0.3, 0.4) is 0 Å². The fourth-order valence-electron chi connectivity index (χ4n) is 4.11. The van der Waals surface area contributed by atoms with Crippen molar-refractivity contribution in [2.75, 3.05) is 13.2 Å². The van der Waals surface area contributed by atoms with Gasteiger partial charge in [-0.2, -0.15) is 0 Å². The average molecular weight is 504 g/mol. The van der Waals surface area contributed by atoms with Crippen LogP contribution in [0, 0.1) is 0 Å². The summed E-state index contributed by atoms with van der Waals surface area (Å²) in [6.45, 7) is -0.158. The van der Waals surface area contributed by atoms with Crippen molar-refractivity contribution < 1.29 is 33.8 Å². The Morgan fingerprint density at radius 3 is 2.03 bits per heavy atom. The van der Waals surface area contributed by atoms with E-state index in [2.05, 4.69) is 16.2 Å². The van der Waals surface area contributed by atoms with Gasteiger partial charge >= 0.3 is 18.0 Å². The van der Waals surface area contributed by atoms with Crippen LogP contribution in [0.25, 0.3) is 11.1 Å². The Hall–Kier alpha value is -4.70. The van der Waals surface area contributed by atoms with E-state index in [0.29, 0.717) is 0 Å². The van der Waals surface area contributed by atoms with Gasteiger partial charge in [0, 0.05) is 5.92 Å². The minimum atomic E-state index is -1.76. The topological polar surface area (TPSA) is 143 Å². The quantitative estimate of drug-likeness (QED) is 0.273. The van der Waals surface area contributed by atoms with E-state index in [-0.39, 0.29) is 25.7 Å². The molecule has 0 aliphatic heterocycles. The van der Waals surface area contributed by atoms with Crippen molar-refractivity contribution in [1.29, 1.82) is 0 Å². The molecule has 0 heterocycles. The summed E-state index contributed by atoms with van der Waals surface area (Å²) < 4.78 is 10.8. The van der Waals surface area contributed by atoms with Gasteiger partial charge in [0.25, 0.3) is 5.91 Å². The normalized spacial score (nSPS) is 12.5. The third-order valence-electron chi connectivity index (χ3n) is 5.84. The number of rotatable bonds is 8. The molecule has 0 saturated heterocycles. The van der Waals surface area contributed by atoms with E-state index in [1.807, 2.05) is 78.9 Å². The van der Waals surface area contributed by atoms with Crippen molar-refractivity contribution in [1.82, 2.24) is 16.2 Å². The maximum absolute atomic E-state index is 12.6. The molecule has 0 aromatic heterocycles. The molecule has 1 aliphatic carbocycles. The van der Waals surface area contributed by atoms with Crippen LogP contribution in [0.5, 0.6) is 0 Å². The van der Waals surface area contributed by atoms with Gasteiger partial charge in [0.2, 0.25) is 0 Å². The van der Waals surface area contributed by atoms with Crippen molar-refractivity contribution in [3.63, 3.8) is 0 Å². The highest BCUT2D eigenvalue weighted by Gasteiger charge is 2.29. The first-order valence-corrected chi connectivity index (χ1v) is 11.5. The molecular formula is C27H25N3O7. The fraction of sp³-hybridized carbons (Fsp3) is 0.185. The van der Waals surface area contributed by atoms with E-state index in [0.717, 1.165) is 27.8 Å². The molecule has 10 heteroatoms. The predicted octanol–water partition coefficient (Wildman–Crippen LogP) is 2.34. The van der Waals surface area contributed by atoms with Gasteiger partial charge in [-0.15, -0.1) is 0 Å². The highest BCUT2D eigenvalue weighted by Crippen LogP contribution is 2.44. The lowest BCUT2D eigenvalue weighted by molar-refractivity contribution is -0.151. The molecule has 1 atom stereocenters. The Labute approximate surface area is 212 Å². The summed E-state index contributed by atoms with van der Waals surface area (Å²) >= 11 is 0. The summed E-state index contributed by atoms with van der Waals surface area (Å²) in [6.07, 6.45) is -0.913. The summed E-state index contributed by atoms with van der Waals surface area (Å²) in [5.41, 5.74) is 9.31. The molecule has 0 fully saturated rings. The number of hydrogen-bond donors (Lipinski definition) is 4. The lowest BCUT2D eigenvalue weighted by atomic mass is 9.98. The number of amides is 3. The smallest absolute Gasteiger partial charge is 0.426 e. The second-order valence-corrected chi connectivity index (χ2v) is 8.27. The highest BCUT2D eigenvalue weighted by atomic mass is 16.6. The number of hydrazine groups is 1. The van der Waals surface area contributed by atoms with E-state index in [4.69, 9.17) is 14.6 Å². The first kappa shape index (κ1) is 25.4. The minimum absolute atomic E-state index is 0.0368. The van der Waals surface area contributed by atoms with Crippen molar-refractivity contribution in [3.05, 3.63) is 95.6 Å². The first-order chi connectivity index (χ1) is 17.9. The number of benzene rings is 3. The second kappa shape index (κ2) is 11.8. The third-order valence-corrected chi connectivity index (χ3v) is 5.84. The zero-order valence-electron chi connectivity index (χ0n) is 19.7. The number of carbonyl (C=O) groups excluding carboxylic acids is 3. The van der Waals surface area contributed by atoms with Crippen LogP contribution in [0.1, 0.15) is 22.6 Å². The van der Waals surface area contributed by atoms with Crippen LogP contribution < -0.4 is 16.2 Å². The molecule has 0 bridgehead atoms. The summed E-state index contributed by atoms with van der Waals surface area (Å²) in [5, 5.41) is 10.9. The fourth-order valence-corrected chi connectivity index (χ4v) is 4.11. The maximum atomic E-state index is 12.6. The SMILES string of the molecule is O=C(NNC(=O)[C@H](COCc1ccccc1)NC(=O)C(=O)O)OCC1c2ccccc2-c2ccccc21. The molecule has 4 rings (SSSR count). The van der Waals surface area contributed by atoms with E-state index in [1.54, 1.807) is 0 Å². The van der Waals surface area contributed by atoms with Gasteiger partial charge in [-0.1, -0.05) is 78.9 Å². The lowest BCUT2D eigenvalue weighted by Crippen LogP contribution is -2.55. The van der Waals surface area contributed by atoms with E-state index >= 15 is 0 Å². The largest absolute Gasteiger partial charge is 0.474 e.